The van der Waals surface area contributed by atoms with Crippen LogP contribution in [0.15, 0.2) is 12.2 Å². The van der Waals surface area contributed by atoms with Crippen LogP contribution in [0.4, 0.5) is 0 Å². The van der Waals surface area contributed by atoms with E-state index in [1.807, 2.05) is 33.8 Å². The quantitative estimate of drug-likeness (QED) is 0.391. The van der Waals surface area contributed by atoms with Gasteiger partial charge in [0.1, 0.15) is 5.78 Å². The lowest BCUT2D eigenvalue weighted by Gasteiger charge is -2.18. The molecule has 3 heteroatoms. The van der Waals surface area contributed by atoms with Gasteiger partial charge < -0.3 is 0 Å². The third-order valence-corrected chi connectivity index (χ3v) is 3.69. The summed E-state index contributed by atoms with van der Waals surface area (Å²) in [5.41, 5.74) is 0. The number of ketones is 1. The van der Waals surface area contributed by atoms with Crippen LogP contribution in [0.3, 0.4) is 0 Å². The minimum Gasteiger partial charge on any atom is -0.299 e. The van der Waals surface area contributed by atoms with E-state index in [0.29, 0.717) is 6.42 Å². The highest BCUT2D eigenvalue weighted by atomic mass is 32.2. The molecule has 0 saturated carbocycles. The van der Waals surface area contributed by atoms with Gasteiger partial charge in [-0.3, -0.25) is 9.59 Å². The van der Waals surface area contributed by atoms with Gasteiger partial charge in [-0.25, -0.2) is 0 Å². The zero-order valence-corrected chi connectivity index (χ0v) is 13.1. The van der Waals surface area contributed by atoms with Gasteiger partial charge in [0, 0.05) is 11.2 Å². The van der Waals surface area contributed by atoms with Gasteiger partial charge in [0.05, 0.1) is 5.92 Å². The molecule has 0 saturated heterocycles. The fourth-order valence-electron chi connectivity index (χ4n) is 1.47. The summed E-state index contributed by atoms with van der Waals surface area (Å²) in [6.45, 7) is 9.70. The van der Waals surface area contributed by atoms with Gasteiger partial charge in [-0.05, 0) is 33.1 Å². The minimum atomic E-state index is -0.462. The molecule has 0 aliphatic rings. The zero-order valence-electron chi connectivity index (χ0n) is 12.3. The van der Waals surface area contributed by atoms with E-state index in [1.165, 1.54) is 11.8 Å². The van der Waals surface area contributed by atoms with Crippen molar-refractivity contribution in [2.45, 2.75) is 65.0 Å². The summed E-state index contributed by atoms with van der Waals surface area (Å²) in [7, 11) is 0. The maximum atomic E-state index is 11.9. The summed E-state index contributed by atoms with van der Waals surface area (Å²) < 4.78 is -0.114. The summed E-state index contributed by atoms with van der Waals surface area (Å²) in [6, 6.07) is 0. The van der Waals surface area contributed by atoms with Crippen molar-refractivity contribution in [1.29, 1.82) is 0 Å². The maximum absolute atomic E-state index is 11.9. The molecule has 0 aromatic rings. The van der Waals surface area contributed by atoms with E-state index < -0.39 is 5.92 Å². The van der Waals surface area contributed by atoms with Crippen LogP contribution in [-0.2, 0) is 9.59 Å². The Hall–Kier alpha value is -0.570. The Bertz CT molecular complexity index is 300. The smallest absolute Gasteiger partial charge is 0.199 e. The molecule has 0 aromatic carbocycles. The minimum absolute atomic E-state index is 0.000883. The van der Waals surface area contributed by atoms with Crippen LogP contribution in [-0.4, -0.2) is 15.6 Å². The highest BCUT2D eigenvalue weighted by molar-refractivity contribution is 8.14. The van der Waals surface area contributed by atoms with Gasteiger partial charge in [-0.15, -0.1) is 0 Å². The van der Waals surface area contributed by atoms with E-state index in [9.17, 15) is 9.59 Å². The van der Waals surface area contributed by atoms with Crippen molar-refractivity contribution in [2.75, 3.05) is 0 Å². The highest BCUT2D eigenvalue weighted by Crippen LogP contribution is 2.27. The van der Waals surface area contributed by atoms with Crippen molar-refractivity contribution < 1.29 is 9.59 Å². The lowest BCUT2D eigenvalue weighted by atomic mass is 10.0. The Morgan fingerprint density at radius 3 is 2.33 bits per heavy atom. The van der Waals surface area contributed by atoms with E-state index in [2.05, 4.69) is 6.08 Å². The Labute approximate surface area is 116 Å². The first-order valence-electron chi connectivity index (χ1n) is 6.64. The molecule has 2 nitrogen and oxygen atoms in total. The average molecular weight is 270 g/mol. The molecule has 1 atom stereocenters. The molecular formula is C15H26O2S. The van der Waals surface area contributed by atoms with Crippen molar-refractivity contribution >= 4 is 22.7 Å². The van der Waals surface area contributed by atoms with Crippen LogP contribution >= 0.6 is 11.8 Å². The molecule has 0 N–H and O–H groups in total. The summed E-state index contributed by atoms with van der Waals surface area (Å²) in [4.78, 5) is 23.7. The van der Waals surface area contributed by atoms with Gasteiger partial charge >= 0.3 is 0 Å². The number of carbonyl (C=O) groups is 2. The van der Waals surface area contributed by atoms with E-state index in [1.54, 1.807) is 6.92 Å². The molecule has 0 rings (SSSR count). The topological polar surface area (TPSA) is 34.1 Å². The Kier molecular flexibility index (Phi) is 8.25. The molecule has 0 spiro atoms. The standard InChI is InChI=1S/C15H26O2S/c1-6-7-8-9-10-11-13(16)12(2)14(17)18-15(3,4)5/h6-7,12H,8-11H2,1-5H3/b7-6+. The summed E-state index contributed by atoms with van der Waals surface area (Å²) in [5.74, 6) is -0.381. The fraction of sp³-hybridized carbons (Fsp3) is 0.733. The van der Waals surface area contributed by atoms with Crippen LogP contribution < -0.4 is 0 Å². The predicted octanol–water partition coefficient (Wildman–Crippen LogP) is 4.39. The first-order valence-corrected chi connectivity index (χ1v) is 7.46. The first-order chi connectivity index (χ1) is 8.28. The Morgan fingerprint density at radius 1 is 1.22 bits per heavy atom. The van der Waals surface area contributed by atoms with Crippen molar-refractivity contribution in [1.82, 2.24) is 0 Å². The summed E-state index contributed by atoms with van der Waals surface area (Å²) in [6.07, 6.45) is 7.56. The number of hydrogen-bond acceptors (Lipinski definition) is 3. The van der Waals surface area contributed by atoms with Gasteiger partial charge in [0.25, 0.3) is 0 Å². The van der Waals surface area contributed by atoms with E-state index in [4.69, 9.17) is 0 Å². The molecule has 0 aromatic heterocycles. The zero-order chi connectivity index (χ0) is 14.2. The molecule has 0 bridgehead atoms. The van der Waals surface area contributed by atoms with E-state index >= 15 is 0 Å². The van der Waals surface area contributed by atoms with Crippen LogP contribution in [0.1, 0.15) is 60.3 Å². The van der Waals surface area contributed by atoms with Crippen molar-refractivity contribution in [3.05, 3.63) is 12.2 Å². The molecule has 0 radical (unpaired) electrons. The first kappa shape index (κ1) is 17.4. The van der Waals surface area contributed by atoms with Gasteiger partial charge in [-0.1, -0.05) is 44.7 Å². The molecule has 0 amide bonds. The third-order valence-electron chi connectivity index (χ3n) is 2.52. The normalized spacial score (nSPS) is 13.8. The molecule has 0 aliphatic heterocycles. The van der Waals surface area contributed by atoms with Crippen molar-refractivity contribution in [2.24, 2.45) is 5.92 Å². The number of unbranched alkanes of at least 4 members (excludes halogenated alkanes) is 2. The van der Waals surface area contributed by atoms with Gasteiger partial charge in [0.15, 0.2) is 5.12 Å². The van der Waals surface area contributed by atoms with Gasteiger partial charge in [-0.2, -0.15) is 0 Å². The molecule has 0 heterocycles. The average Bonchev–Trinajstić information content (AvgIpc) is 2.25. The van der Waals surface area contributed by atoms with Gasteiger partial charge in [0.2, 0.25) is 0 Å². The number of carbonyl (C=O) groups excluding carboxylic acids is 2. The fourth-order valence-corrected chi connectivity index (χ4v) is 2.38. The van der Waals surface area contributed by atoms with Crippen molar-refractivity contribution in [3.8, 4) is 0 Å². The van der Waals surface area contributed by atoms with E-state index in [0.717, 1.165) is 19.3 Å². The predicted molar refractivity (Wildman–Crippen MR) is 79.8 cm³/mol. The number of thioether (sulfide) groups is 1. The summed E-state index contributed by atoms with van der Waals surface area (Å²) in [5, 5.41) is 0.000883. The Morgan fingerprint density at radius 2 is 1.83 bits per heavy atom. The SMILES string of the molecule is C/C=C/CCCCC(=O)C(C)C(=O)SC(C)(C)C. The molecule has 0 fully saturated rings. The van der Waals surface area contributed by atoms with Crippen LogP contribution in [0.5, 0.6) is 0 Å². The van der Waals surface area contributed by atoms with Crippen LogP contribution in [0.25, 0.3) is 0 Å². The second-order valence-corrected chi connectivity index (χ2v) is 7.37. The number of Topliss-reactive ketones (excluding diaryl/α,β-unsaturated/α-hetero) is 1. The lowest BCUT2D eigenvalue weighted by molar-refractivity contribution is -0.128. The number of hydrogen-bond donors (Lipinski definition) is 0. The second kappa shape index (κ2) is 8.52. The molecule has 104 valence electrons. The largest absolute Gasteiger partial charge is 0.299 e. The monoisotopic (exact) mass is 270 g/mol. The second-order valence-electron chi connectivity index (χ2n) is 5.54. The van der Waals surface area contributed by atoms with E-state index in [-0.39, 0.29) is 15.6 Å². The third kappa shape index (κ3) is 8.51. The summed E-state index contributed by atoms with van der Waals surface area (Å²) >= 11 is 1.27. The molecular weight excluding hydrogens is 244 g/mol. The highest BCUT2D eigenvalue weighted by Gasteiger charge is 2.25. The maximum Gasteiger partial charge on any atom is 0.199 e. The van der Waals surface area contributed by atoms with Crippen LogP contribution in [0.2, 0.25) is 0 Å². The number of rotatable bonds is 7. The lowest BCUT2D eigenvalue weighted by Crippen LogP contribution is -2.23. The number of allylic oxidation sites excluding steroid dienone is 2. The Balaban J connectivity index is 3.99. The molecule has 0 aliphatic carbocycles. The molecule has 1 unspecified atom stereocenters. The van der Waals surface area contributed by atoms with Crippen molar-refractivity contribution in [3.63, 3.8) is 0 Å². The van der Waals surface area contributed by atoms with Crippen LogP contribution in [0, 0.1) is 5.92 Å². The molecule has 18 heavy (non-hydrogen) atoms.